The standard InChI is InChI=1S/C34H33N2O/c1-22-14-16-29-32-27(21-35)15-17-28(26-12-8-5-9-13-26)33(32)37-34(29)31(22)30-20-25(18-23(2)36(30)3)19-24-10-6-4-7-11-24/h5,8-9,12-18,20,24H,4,6-7,10-11,19H2,1-3H3/q+1. The first-order valence-electron chi connectivity index (χ1n) is 13.5. The molecule has 0 atom stereocenters. The maximum absolute atomic E-state index is 9.99. The van der Waals surface area contributed by atoms with Crippen LogP contribution < -0.4 is 4.57 Å². The normalized spacial score (nSPS) is 14.3. The predicted molar refractivity (Wildman–Crippen MR) is 150 cm³/mol. The Kier molecular flexibility index (Phi) is 6.05. The van der Waals surface area contributed by atoms with Gasteiger partial charge in [0.2, 0.25) is 5.69 Å². The van der Waals surface area contributed by atoms with Crippen molar-refractivity contribution in [1.29, 1.82) is 5.26 Å². The Bertz CT molecular complexity index is 1660. The topological polar surface area (TPSA) is 40.8 Å². The summed E-state index contributed by atoms with van der Waals surface area (Å²) in [5.74, 6) is 0.781. The molecule has 1 aliphatic carbocycles. The highest BCUT2D eigenvalue weighted by Crippen LogP contribution is 2.42. The maximum atomic E-state index is 9.99. The van der Waals surface area contributed by atoms with Gasteiger partial charge in [-0.1, -0.05) is 74.6 Å². The summed E-state index contributed by atoms with van der Waals surface area (Å²) in [4.78, 5) is 0. The average Bonchev–Trinajstić information content (AvgIpc) is 3.31. The van der Waals surface area contributed by atoms with Gasteiger partial charge in [0.15, 0.2) is 5.69 Å². The van der Waals surface area contributed by atoms with Crippen molar-refractivity contribution in [3.63, 3.8) is 0 Å². The molecule has 2 heterocycles. The Balaban J connectivity index is 1.60. The molecule has 0 N–H and O–H groups in total. The molecule has 6 rings (SSSR count). The van der Waals surface area contributed by atoms with E-state index < -0.39 is 0 Å². The fourth-order valence-electron chi connectivity index (χ4n) is 6.25. The molecule has 0 radical (unpaired) electrons. The van der Waals surface area contributed by atoms with E-state index in [4.69, 9.17) is 4.42 Å². The third-order valence-corrected chi connectivity index (χ3v) is 8.31. The third-order valence-electron chi connectivity index (χ3n) is 8.31. The van der Waals surface area contributed by atoms with Gasteiger partial charge in [-0.3, -0.25) is 0 Å². The first kappa shape index (κ1) is 23.5. The van der Waals surface area contributed by atoms with Gasteiger partial charge in [0, 0.05) is 35.4 Å². The van der Waals surface area contributed by atoms with E-state index in [1.807, 2.05) is 30.3 Å². The van der Waals surface area contributed by atoms with E-state index in [9.17, 15) is 5.26 Å². The summed E-state index contributed by atoms with van der Waals surface area (Å²) in [5, 5.41) is 11.9. The molecule has 0 unspecified atom stereocenters. The van der Waals surface area contributed by atoms with Gasteiger partial charge in [-0.2, -0.15) is 9.83 Å². The average molecular weight is 486 g/mol. The Labute approximate surface area is 219 Å². The summed E-state index contributed by atoms with van der Waals surface area (Å²) < 4.78 is 9.05. The van der Waals surface area contributed by atoms with E-state index in [0.717, 1.165) is 51.0 Å². The summed E-state index contributed by atoms with van der Waals surface area (Å²) >= 11 is 0. The fourth-order valence-corrected chi connectivity index (χ4v) is 6.25. The van der Waals surface area contributed by atoms with Crippen LogP contribution in [0.2, 0.25) is 0 Å². The van der Waals surface area contributed by atoms with E-state index in [1.165, 1.54) is 54.6 Å². The number of aromatic nitrogens is 1. The van der Waals surface area contributed by atoms with Gasteiger partial charge in [-0.15, -0.1) is 0 Å². The van der Waals surface area contributed by atoms with Crippen molar-refractivity contribution in [2.75, 3.05) is 0 Å². The zero-order chi connectivity index (χ0) is 25.5. The van der Waals surface area contributed by atoms with Gasteiger partial charge < -0.3 is 4.42 Å². The predicted octanol–water partition coefficient (Wildman–Crippen LogP) is 8.36. The molecule has 0 spiro atoms. The van der Waals surface area contributed by atoms with Gasteiger partial charge >= 0.3 is 0 Å². The number of nitrogens with zero attached hydrogens (tertiary/aromatic N) is 2. The molecule has 184 valence electrons. The van der Waals surface area contributed by atoms with Gasteiger partial charge in [0.25, 0.3) is 0 Å². The molecule has 1 saturated carbocycles. The van der Waals surface area contributed by atoms with Crippen LogP contribution in [-0.2, 0) is 13.5 Å². The van der Waals surface area contributed by atoms with Crippen LogP contribution in [0.4, 0.5) is 0 Å². The molecule has 2 aromatic heterocycles. The molecule has 3 aromatic carbocycles. The maximum Gasteiger partial charge on any atom is 0.216 e. The van der Waals surface area contributed by atoms with Gasteiger partial charge in [0.1, 0.15) is 18.2 Å². The van der Waals surface area contributed by atoms with E-state index in [0.29, 0.717) is 5.56 Å². The molecule has 3 heteroatoms. The summed E-state index contributed by atoms with van der Waals surface area (Å²) in [6.45, 7) is 4.36. The van der Waals surface area contributed by atoms with E-state index in [2.05, 4.69) is 67.9 Å². The van der Waals surface area contributed by atoms with Crippen LogP contribution in [0.3, 0.4) is 0 Å². The lowest BCUT2D eigenvalue weighted by Crippen LogP contribution is -2.35. The SMILES string of the molecule is Cc1ccc2c(oc3c(-c4ccccc4)ccc(C#N)c32)c1-c1cc(CC2CCCCC2)cc(C)[n+]1C. The molecule has 37 heavy (non-hydrogen) atoms. The number of nitriles is 1. The zero-order valence-corrected chi connectivity index (χ0v) is 22.0. The van der Waals surface area contributed by atoms with Crippen LogP contribution in [0.15, 0.2) is 71.1 Å². The molecule has 5 aromatic rings. The summed E-state index contributed by atoms with van der Waals surface area (Å²) in [7, 11) is 2.14. The molecule has 3 nitrogen and oxygen atoms in total. The first-order chi connectivity index (χ1) is 18.0. The van der Waals surface area contributed by atoms with Crippen molar-refractivity contribution in [1.82, 2.24) is 0 Å². The minimum atomic E-state index is 0.648. The monoisotopic (exact) mass is 485 g/mol. The molecule has 1 aliphatic rings. The highest BCUT2D eigenvalue weighted by Gasteiger charge is 2.25. The second kappa shape index (κ2) is 9.52. The minimum Gasteiger partial charge on any atom is -0.454 e. The minimum absolute atomic E-state index is 0.648. The fraction of sp³-hybridized carbons (Fsp3) is 0.294. The van der Waals surface area contributed by atoms with Crippen molar-refractivity contribution in [2.45, 2.75) is 52.4 Å². The van der Waals surface area contributed by atoms with Crippen LogP contribution in [0.25, 0.3) is 44.3 Å². The van der Waals surface area contributed by atoms with Crippen molar-refractivity contribution in [3.8, 4) is 28.5 Å². The lowest BCUT2D eigenvalue weighted by atomic mass is 9.84. The molecule has 1 fully saturated rings. The highest BCUT2D eigenvalue weighted by molar-refractivity contribution is 6.15. The Morgan fingerprint density at radius 1 is 0.919 bits per heavy atom. The largest absolute Gasteiger partial charge is 0.454 e. The zero-order valence-electron chi connectivity index (χ0n) is 22.0. The van der Waals surface area contributed by atoms with Crippen molar-refractivity contribution >= 4 is 21.9 Å². The van der Waals surface area contributed by atoms with Crippen LogP contribution in [-0.4, -0.2) is 0 Å². The summed E-state index contributed by atoms with van der Waals surface area (Å²) in [5.41, 5.74) is 10.5. The number of furan rings is 1. The number of rotatable bonds is 4. The van der Waals surface area contributed by atoms with Crippen molar-refractivity contribution < 1.29 is 8.98 Å². The second-order valence-corrected chi connectivity index (χ2v) is 10.7. The van der Waals surface area contributed by atoms with Gasteiger partial charge in [-0.05, 0) is 48.1 Å². The number of benzene rings is 3. The lowest BCUT2D eigenvalue weighted by molar-refractivity contribution is -0.666. The summed E-state index contributed by atoms with van der Waals surface area (Å²) in [6.07, 6.45) is 7.92. The number of fused-ring (bicyclic) bond motifs is 3. The summed E-state index contributed by atoms with van der Waals surface area (Å²) in [6, 6.07) is 25.7. The number of hydrogen-bond donors (Lipinski definition) is 0. The van der Waals surface area contributed by atoms with Crippen LogP contribution in [0, 0.1) is 31.1 Å². The van der Waals surface area contributed by atoms with Gasteiger partial charge in [-0.25, -0.2) is 0 Å². The molecule has 0 amide bonds. The quantitative estimate of drug-likeness (QED) is 0.240. The first-order valence-corrected chi connectivity index (χ1v) is 13.5. The van der Waals surface area contributed by atoms with E-state index >= 15 is 0 Å². The highest BCUT2D eigenvalue weighted by atomic mass is 16.3. The van der Waals surface area contributed by atoms with Crippen LogP contribution >= 0.6 is 0 Å². The number of aryl methyl sites for hydroxylation is 2. The van der Waals surface area contributed by atoms with Gasteiger partial charge in [0.05, 0.1) is 17.2 Å². The van der Waals surface area contributed by atoms with Crippen LogP contribution in [0.5, 0.6) is 0 Å². The number of hydrogen-bond acceptors (Lipinski definition) is 2. The lowest BCUT2D eigenvalue weighted by Gasteiger charge is -2.21. The molecule has 0 bridgehead atoms. The van der Waals surface area contributed by atoms with E-state index in [1.54, 1.807) is 0 Å². The smallest absolute Gasteiger partial charge is 0.216 e. The molecular weight excluding hydrogens is 452 g/mol. The number of pyridine rings is 1. The molecule has 0 aliphatic heterocycles. The molecular formula is C34H33N2O+. The van der Waals surface area contributed by atoms with Crippen molar-refractivity contribution in [3.05, 3.63) is 89.1 Å². The Morgan fingerprint density at radius 2 is 1.70 bits per heavy atom. The van der Waals surface area contributed by atoms with Crippen LogP contribution in [0.1, 0.15) is 54.5 Å². The van der Waals surface area contributed by atoms with Crippen molar-refractivity contribution in [2.24, 2.45) is 13.0 Å². The third kappa shape index (κ3) is 4.11. The second-order valence-electron chi connectivity index (χ2n) is 10.7. The Morgan fingerprint density at radius 3 is 2.46 bits per heavy atom. The Hall–Kier alpha value is -3.90. The van der Waals surface area contributed by atoms with E-state index in [-0.39, 0.29) is 0 Å². The molecule has 0 saturated heterocycles.